The van der Waals surface area contributed by atoms with Gasteiger partial charge in [-0.15, -0.1) is 0 Å². The molecule has 3 rings (SSSR count). The van der Waals surface area contributed by atoms with E-state index < -0.39 is 0 Å². The minimum atomic E-state index is 0.247. The summed E-state index contributed by atoms with van der Waals surface area (Å²) in [5.74, 6) is 0.247. The highest BCUT2D eigenvalue weighted by Gasteiger charge is 2.16. The lowest BCUT2D eigenvalue weighted by atomic mass is 9.91. The van der Waals surface area contributed by atoms with Crippen LogP contribution in [0, 0.1) is 6.92 Å². The Morgan fingerprint density at radius 1 is 1.05 bits per heavy atom. The van der Waals surface area contributed by atoms with Gasteiger partial charge in [-0.1, -0.05) is 48.0 Å². The molecule has 0 aliphatic heterocycles. The van der Waals surface area contributed by atoms with E-state index >= 15 is 0 Å². The molecule has 0 saturated heterocycles. The number of rotatable bonds is 3. The van der Waals surface area contributed by atoms with Crippen molar-refractivity contribution in [1.29, 1.82) is 0 Å². The van der Waals surface area contributed by atoms with E-state index in [2.05, 4.69) is 60.6 Å². The number of aromatic amines is 1. The highest BCUT2D eigenvalue weighted by molar-refractivity contribution is 5.84. The third-order valence-corrected chi connectivity index (χ3v) is 3.71. The molecule has 3 aromatic rings. The summed E-state index contributed by atoms with van der Waals surface area (Å²) in [6.07, 6.45) is 2.09. The van der Waals surface area contributed by atoms with Crippen LogP contribution in [0.2, 0.25) is 0 Å². The third kappa shape index (κ3) is 2.15. The number of benzene rings is 2. The Balaban J connectivity index is 2.09. The molecule has 1 heterocycles. The molecule has 0 aliphatic carbocycles. The van der Waals surface area contributed by atoms with Crippen molar-refractivity contribution in [3.8, 4) is 0 Å². The van der Waals surface area contributed by atoms with Crippen molar-refractivity contribution in [1.82, 2.24) is 4.98 Å². The Morgan fingerprint density at radius 2 is 1.79 bits per heavy atom. The maximum atomic E-state index is 6.01. The second-order valence-electron chi connectivity index (χ2n) is 4.99. The number of fused-ring (bicyclic) bond motifs is 1. The van der Waals surface area contributed by atoms with Crippen LogP contribution in [0.3, 0.4) is 0 Å². The molecule has 0 spiro atoms. The lowest BCUT2D eigenvalue weighted by Gasteiger charge is -2.15. The molecule has 2 aromatic carbocycles. The van der Waals surface area contributed by atoms with Gasteiger partial charge in [-0.05, 0) is 24.1 Å². The SMILES string of the molecule is Cc1ccc([C@H](CN)c2c[nH]c3ccccc23)cc1. The van der Waals surface area contributed by atoms with Crippen LogP contribution in [0.15, 0.2) is 54.7 Å². The minimum absolute atomic E-state index is 0.247. The van der Waals surface area contributed by atoms with Gasteiger partial charge in [0, 0.05) is 29.6 Å². The van der Waals surface area contributed by atoms with Gasteiger partial charge in [0.2, 0.25) is 0 Å². The van der Waals surface area contributed by atoms with Gasteiger partial charge in [0.05, 0.1) is 0 Å². The van der Waals surface area contributed by atoms with Crippen molar-refractivity contribution in [3.63, 3.8) is 0 Å². The molecule has 19 heavy (non-hydrogen) atoms. The summed E-state index contributed by atoms with van der Waals surface area (Å²) in [7, 11) is 0. The minimum Gasteiger partial charge on any atom is -0.361 e. The van der Waals surface area contributed by atoms with E-state index in [1.807, 2.05) is 6.07 Å². The Bertz CT molecular complexity index is 680. The summed E-state index contributed by atoms with van der Waals surface area (Å²) < 4.78 is 0. The lowest BCUT2D eigenvalue weighted by Crippen LogP contribution is -2.13. The fourth-order valence-corrected chi connectivity index (χ4v) is 2.62. The molecule has 0 saturated carbocycles. The highest BCUT2D eigenvalue weighted by Crippen LogP contribution is 2.30. The van der Waals surface area contributed by atoms with Crippen molar-refractivity contribution in [2.45, 2.75) is 12.8 Å². The number of hydrogen-bond donors (Lipinski definition) is 2. The van der Waals surface area contributed by atoms with Crippen LogP contribution in [-0.4, -0.2) is 11.5 Å². The fraction of sp³-hybridized carbons (Fsp3) is 0.176. The van der Waals surface area contributed by atoms with Crippen LogP contribution in [0.4, 0.5) is 0 Å². The molecule has 0 amide bonds. The summed E-state index contributed by atoms with van der Waals surface area (Å²) in [4.78, 5) is 3.33. The Morgan fingerprint density at radius 3 is 2.53 bits per heavy atom. The highest BCUT2D eigenvalue weighted by atomic mass is 14.7. The lowest BCUT2D eigenvalue weighted by molar-refractivity contribution is 0.825. The van der Waals surface area contributed by atoms with Crippen LogP contribution in [-0.2, 0) is 0 Å². The Kier molecular flexibility index (Phi) is 3.10. The summed E-state index contributed by atoms with van der Waals surface area (Å²) in [6, 6.07) is 17.0. The Labute approximate surface area is 113 Å². The molecule has 0 radical (unpaired) electrons. The first-order chi connectivity index (χ1) is 9.29. The number of nitrogens with two attached hydrogens (primary N) is 1. The van der Waals surface area contributed by atoms with E-state index in [9.17, 15) is 0 Å². The van der Waals surface area contributed by atoms with Crippen LogP contribution < -0.4 is 5.73 Å². The summed E-state index contributed by atoms with van der Waals surface area (Å²) in [5, 5.41) is 1.26. The topological polar surface area (TPSA) is 41.8 Å². The first-order valence-electron chi connectivity index (χ1n) is 6.62. The van der Waals surface area contributed by atoms with E-state index in [0.717, 1.165) is 0 Å². The van der Waals surface area contributed by atoms with Gasteiger partial charge in [0.1, 0.15) is 0 Å². The first-order valence-corrected chi connectivity index (χ1v) is 6.62. The Hall–Kier alpha value is -2.06. The van der Waals surface area contributed by atoms with Gasteiger partial charge < -0.3 is 10.7 Å². The van der Waals surface area contributed by atoms with Gasteiger partial charge in [0.25, 0.3) is 0 Å². The number of aromatic nitrogens is 1. The summed E-state index contributed by atoms with van der Waals surface area (Å²) in [6.45, 7) is 2.72. The van der Waals surface area contributed by atoms with Crippen LogP contribution in [0.25, 0.3) is 10.9 Å². The van der Waals surface area contributed by atoms with Crippen molar-refractivity contribution < 1.29 is 0 Å². The number of aryl methyl sites for hydroxylation is 1. The molecule has 2 heteroatoms. The van der Waals surface area contributed by atoms with Crippen LogP contribution in [0.5, 0.6) is 0 Å². The molecule has 0 aliphatic rings. The average molecular weight is 250 g/mol. The van der Waals surface area contributed by atoms with Crippen molar-refractivity contribution >= 4 is 10.9 Å². The smallest absolute Gasteiger partial charge is 0.0457 e. The fourth-order valence-electron chi connectivity index (χ4n) is 2.62. The quantitative estimate of drug-likeness (QED) is 0.733. The predicted octanol–water partition coefficient (Wildman–Crippen LogP) is 3.57. The first kappa shape index (κ1) is 12.0. The summed E-state index contributed by atoms with van der Waals surface area (Å²) >= 11 is 0. The normalized spacial score (nSPS) is 12.7. The number of H-pyrrole nitrogens is 1. The van der Waals surface area contributed by atoms with Gasteiger partial charge in [-0.2, -0.15) is 0 Å². The molecule has 1 atom stereocenters. The number of hydrogen-bond acceptors (Lipinski definition) is 1. The maximum absolute atomic E-state index is 6.01. The zero-order chi connectivity index (χ0) is 13.2. The van der Waals surface area contributed by atoms with E-state index in [0.29, 0.717) is 6.54 Å². The van der Waals surface area contributed by atoms with Crippen LogP contribution >= 0.6 is 0 Å². The molecule has 0 unspecified atom stereocenters. The van der Waals surface area contributed by atoms with Gasteiger partial charge in [0.15, 0.2) is 0 Å². The second-order valence-corrected chi connectivity index (χ2v) is 4.99. The third-order valence-electron chi connectivity index (χ3n) is 3.71. The molecule has 0 fully saturated rings. The van der Waals surface area contributed by atoms with E-state index in [1.165, 1.54) is 27.6 Å². The molecule has 0 bridgehead atoms. The van der Waals surface area contributed by atoms with E-state index in [-0.39, 0.29) is 5.92 Å². The van der Waals surface area contributed by atoms with Crippen molar-refractivity contribution in [3.05, 3.63) is 71.4 Å². The molecule has 96 valence electrons. The van der Waals surface area contributed by atoms with Gasteiger partial charge in [-0.25, -0.2) is 0 Å². The van der Waals surface area contributed by atoms with E-state index in [1.54, 1.807) is 0 Å². The molecular formula is C17H18N2. The number of para-hydroxylation sites is 1. The van der Waals surface area contributed by atoms with Crippen molar-refractivity contribution in [2.24, 2.45) is 5.73 Å². The summed E-state index contributed by atoms with van der Waals surface area (Å²) in [5.41, 5.74) is 11.0. The maximum Gasteiger partial charge on any atom is 0.0457 e. The molecule has 2 nitrogen and oxygen atoms in total. The zero-order valence-corrected chi connectivity index (χ0v) is 11.1. The predicted molar refractivity (Wildman–Crippen MR) is 80.4 cm³/mol. The standard InChI is InChI=1S/C17H18N2/c1-12-6-8-13(9-7-12)15(10-18)16-11-19-17-5-3-2-4-14(16)17/h2-9,11,15,19H,10,18H2,1H3/t15-/m0/s1. The molecule has 3 N–H and O–H groups in total. The van der Waals surface area contributed by atoms with Gasteiger partial charge in [-0.3, -0.25) is 0 Å². The van der Waals surface area contributed by atoms with Gasteiger partial charge >= 0.3 is 0 Å². The second kappa shape index (κ2) is 4.90. The number of nitrogens with one attached hydrogen (secondary N) is 1. The van der Waals surface area contributed by atoms with Crippen LogP contribution in [0.1, 0.15) is 22.6 Å². The van der Waals surface area contributed by atoms with Crippen molar-refractivity contribution in [2.75, 3.05) is 6.54 Å². The molecular weight excluding hydrogens is 232 g/mol. The van der Waals surface area contributed by atoms with E-state index in [4.69, 9.17) is 5.73 Å². The zero-order valence-electron chi connectivity index (χ0n) is 11.1. The average Bonchev–Trinajstić information content (AvgIpc) is 2.86. The largest absolute Gasteiger partial charge is 0.361 e. The molecule has 1 aromatic heterocycles. The monoisotopic (exact) mass is 250 g/mol.